The molecule has 1 aliphatic rings. The average Bonchev–Trinajstić information content (AvgIpc) is 3.29. The Morgan fingerprint density at radius 3 is 2.53 bits per heavy atom. The molecular weight excluding hydrogens is 402 g/mol. The molecule has 0 bridgehead atoms. The predicted molar refractivity (Wildman–Crippen MR) is 112 cm³/mol. The molecule has 0 saturated carbocycles. The summed E-state index contributed by atoms with van der Waals surface area (Å²) < 4.78 is 32.4. The van der Waals surface area contributed by atoms with Gasteiger partial charge >= 0.3 is 0 Å². The fourth-order valence-electron chi connectivity index (χ4n) is 3.47. The Bertz CT molecular complexity index is 1120. The summed E-state index contributed by atoms with van der Waals surface area (Å²) in [5.74, 6) is -0.306. The van der Waals surface area contributed by atoms with E-state index in [0.717, 1.165) is 24.8 Å². The maximum absolute atomic E-state index is 12.9. The van der Waals surface area contributed by atoms with Crippen LogP contribution in [0.4, 0.5) is 0 Å². The summed E-state index contributed by atoms with van der Waals surface area (Å²) in [7, 11) is -3.51. The Morgan fingerprint density at radius 2 is 1.77 bits per heavy atom. The van der Waals surface area contributed by atoms with Crippen molar-refractivity contribution in [1.29, 1.82) is 0 Å². The van der Waals surface area contributed by atoms with Gasteiger partial charge in [-0.1, -0.05) is 54.0 Å². The van der Waals surface area contributed by atoms with Crippen LogP contribution in [0.25, 0.3) is 11.3 Å². The number of carbonyl (C=O) groups excluding carboxylic acids is 1. The average molecular weight is 426 g/mol. The van der Waals surface area contributed by atoms with Gasteiger partial charge in [0.1, 0.15) is 5.69 Å². The van der Waals surface area contributed by atoms with Crippen molar-refractivity contribution >= 4 is 15.9 Å². The molecule has 4 rings (SSSR count). The van der Waals surface area contributed by atoms with Crippen LogP contribution in [-0.2, 0) is 16.6 Å². The maximum atomic E-state index is 12.9. The van der Waals surface area contributed by atoms with Gasteiger partial charge in [-0.25, -0.2) is 8.42 Å². The molecule has 3 aromatic rings. The van der Waals surface area contributed by atoms with E-state index in [1.54, 1.807) is 30.3 Å². The fourth-order valence-corrected chi connectivity index (χ4v) is 5.05. The van der Waals surface area contributed by atoms with Crippen LogP contribution >= 0.6 is 0 Å². The Balaban J connectivity index is 1.42. The zero-order valence-electron chi connectivity index (χ0n) is 16.5. The van der Waals surface area contributed by atoms with Crippen LogP contribution in [0.2, 0.25) is 0 Å². The number of nitrogens with one attached hydrogen (secondary N) is 1. The quantitative estimate of drug-likeness (QED) is 0.653. The summed E-state index contributed by atoms with van der Waals surface area (Å²) in [6.45, 7) is 1.29. The van der Waals surface area contributed by atoms with Gasteiger partial charge in [-0.05, 0) is 30.5 Å². The van der Waals surface area contributed by atoms with Crippen molar-refractivity contribution in [3.05, 3.63) is 72.0 Å². The molecule has 1 saturated heterocycles. The van der Waals surface area contributed by atoms with E-state index in [9.17, 15) is 13.2 Å². The number of hydrogen-bond donors (Lipinski definition) is 1. The number of rotatable bonds is 6. The smallest absolute Gasteiger partial charge is 0.290 e. The van der Waals surface area contributed by atoms with E-state index in [4.69, 9.17) is 4.52 Å². The minimum atomic E-state index is -3.51. The maximum Gasteiger partial charge on any atom is 0.290 e. The fraction of sp³-hybridized carbons (Fsp3) is 0.273. The Kier molecular flexibility index (Phi) is 5.96. The van der Waals surface area contributed by atoms with Crippen molar-refractivity contribution in [2.24, 2.45) is 0 Å². The van der Waals surface area contributed by atoms with E-state index in [-0.39, 0.29) is 17.2 Å². The van der Waals surface area contributed by atoms with Gasteiger partial charge in [-0.15, -0.1) is 0 Å². The van der Waals surface area contributed by atoms with Gasteiger partial charge in [-0.3, -0.25) is 4.79 Å². The minimum Gasteiger partial charge on any atom is -0.350 e. The first kappa shape index (κ1) is 20.3. The molecule has 1 N–H and O–H groups in total. The third-order valence-electron chi connectivity index (χ3n) is 5.11. The van der Waals surface area contributed by atoms with Crippen LogP contribution in [-0.4, -0.2) is 36.9 Å². The molecule has 156 valence electrons. The SMILES string of the molecule is O=C(NCc1cccc(S(=O)(=O)N2CCCCC2)c1)c1cc(-c2ccccc2)no1. The number of sulfonamides is 1. The lowest BCUT2D eigenvalue weighted by molar-refractivity contribution is 0.0914. The molecule has 8 heteroatoms. The zero-order chi connectivity index (χ0) is 21.0. The first-order valence-electron chi connectivity index (χ1n) is 9.93. The van der Waals surface area contributed by atoms with Crippen LogP contribution in [0.3, 0.4) is 0 Å². The second-order valence-electron chi connectivity index (χ2n) is 7.24. The molecule has 7 nitrogen and oxygen atoms in total. The predicted octanol–water partition coefficient (Wildman–Crippen LogP) is 3.45. The summed E-state index contributed by atoms with van der Waals surface area (Å²) in [4.78, 5) is 12.7. The van der Waals surface area contributed by atoms with E-state index in [1.165, 1.54) is 4.31 Å². The molecule has 30 heavy (non-hydrogen) atoms. The molecule has 1 fully saturated rings. The number of carbonyl (C=O) groups is 1. The van der Waals surface area contributed by atoms with E-state index < -0.39 is 15.9 Å². The third kappa shape index (κ3) is 4.44. The first-order valence-corrected chi connectivity index (χ1v) is 11.4. The molecular formula is C22H23N3O4S. The van der Waals surface area contributed by atoms with Gasteiger partial charge in [0.2, 0.25) is 15.8 Å². The van der Waals surface area contributed by atoms with Gasteiger partial charge in [0.05, 0.1) is 4.90 Å². The Morgan fingerprint density at radius 1 is 1.00 bits per heavy atom. The van der Waals surface area contributed by atoms with Crippen molar-refractivity contribution < 1.29 is 17.7 Å². The lowest BCUT2D eigenvalue weighted by Crippen LogP contribution is -2.35. The van der Waals surface area contributed by atoms with Crippen molar-refractivity contribution in [2.75, 3.05) is 13.1 Å². The molecule has 0 aliphatic carbocycles. The normalized spacial score (nSPS) is 15.1. The first-order chi connectivity index (χ1) is 14.5. The van der Waals surface area contributed by atoms with Crippen LogP contribution in [0.1, 0.15) is 35.4 Å². The highest BCUT2D eigenvalue weighted by Crippen LogP contribution is 2.22. The van der Waals surface area contributed by atoms with Gasteiger partial charge < -0.3 is 9.84 Å². The highest BCUT2D eigenvalue weighted by Gasteiger charge is 2.26. The number of benzene rings is 2. The minimum absolute atomic E-state index is 0.103. The van der Waals surface area contributed by atoms with Crippen LogP contribution in [0, 0.1) is 0 Å². The summed E-state index contributed by atoms with van der Waals surface area (Å²) in [5.41, 5.74) is 2.13. The number of hydrogen-bond acceptors (Lipinski definition) is 5. The molecule has 2 aromatic carbocycles. The Hall–Kier alpha value is -2.97. The summed E-state index contributed by atoms with van der Waals surface area (Å²) in [6, 6.07) is 17.7. The van der Waals surface area contributed by atoms with Crippen molar-refractivity contribution in [1.82, 2.24) is 14.8 Å². The monoisotopic (exact) mass is 425 g/mol. The largest absolute Gasteiger partial charge is 0.350 e. The molecule has 0 spiro atoms. The topological polar surface area (TPSA) is 92.5 Å². The number of nitrogens with zero attached hydrogens (tertiary/aromatic N) is 2. The standard InChI is InChI=1S/C22H23N3O4S/c26-22(21-15-20(24-29-21)18-9-3-1-4-10-18)23-16-17-8-7-11-19(14-17)30(27,28)25-12-5-2-6-13-25/h1,3-4,7-11,14-15H,2,5-6,12-13,16H2,(H,23,26). The Labute approximate surface area is 175 Å². The number of amides is 1. The summed E-state index contributed by atoms with van der Waals surface area (Å²) in [6.07, 6.45) is 2.83. The molecule has 0 radical (unpaired) electrons. The number of aromatic nitrogens is 1. The third-order valence-corrected chi connectivity index (χ3v) is 7.00. The van der Waals surface area contributed by atoms with Gasteiger partial charge in [-0.2, -0.15) is 4.31 Å². The second-order valence-corrected chi connectivity index (χ2v) is 9.18. The lowest BCUT2D eigenvalue weighted by Gasteiger charge is -2.26. The highest BCUT2D eigenvalue weighted by molar-refractivity contribution is 7.89. The van der Waals surface area contributed by atoms with E-state index >= 15 is 0 Å². The summed E-state index contributed by atoms with van der Waals surface area (Å²) >= 11 is 0. The van der Waals surface area contributed by atoms with E-state index in [0.29, 0.717) is 24.3 Å². The molecule has 2 heterocycles. The second kappa shape index (κ2) is 8.81. The van der Waals surface area contributed by atoms with Crippen LogP contribution in [0.5, 0.6) is 0 Å². The van der Waals surface area contributed by atoms with Crippen LogP contribution < -0.4 is 5.32 Å². The molecule has 0 unspecified atom stereocenters. The zero-order valence-corrected chi connectivity index (χ0v) is 17.3. The number of piperidine rings is 1. The van der Waals surface area contributed by atoms with Crippen LogP contribution in [0.15, 0.2) is 70.1 Å². The molecule has 1 aromatic heterocycles. The molecule has 0 atom stereocenters. The van der Waals surface area contributed by atoms with Gasteiger partial charge in [0, 0.05) is 31.3 Å². The molecule has 1 aliphatic heterocycles. The lowest BCUT2D eigenvalue weighted by atomic mass is 10.1. The highest BCUT2D eigenvalue weighted by atomic mass is 32.2. The van der Waals surface area contributed by atoms with Gasteiger partial charge in [0.15, 0.2) is 0 Å². The van der Waals surface area contributed by atoms with Crippen molar-refractivity contribution in [3.63, 3.8) is 0 Å². The van der Waals surface area contributed by atoms with Crippen molar-refractivity contribution in [2.45, 2.75) is 30.7 Å². The van der Waals surface area contributed by atoms with E-state index in [1.807, 2.05) is 30.3 Å². The summed E-state index contributed by atoms with van der Waals surface area (Å²) in [5, 5.41) is 6.70. The van der Waals surface area contributed by atoms with E-state index in [2.05, 4.69) is 10.5 Å². The molecule has 1 amide bonds. The van der Waals surface area contributed by atoms with Crippen molar-refractivity contribution in [3.8, 4) is 11.3 Å². The van der Waals surface area contributed by atoms with Gasteiger partial charge in [0.25, 0.3) is 5.91 Å².